The summed E-state index contributed by atoms with van der Waals surface area (Å²) in [6.45, 7) is 1.72. The number of benzene rings is 2. The number of aryl methyl sites for hydroxylation is 1. The van der Waals surface area contributed by atoms with Crippen molar-refractivity contribution in [3.63, 3.8) is 0 Å². The lowest BCUT2D eigenvalue weighted by atomic mass is 9.77. The minimum atomic E-state index is -0.698. The fraction of sp³-hybridized carbons (Fsp3) is 0.333. The maximum absolute atomic E-state index is 13.7. The van der Waals surface area contributed by atoms with E-state index in [0.29, 0.717) is 34.9 Å². The maximum atomic E-state index is 13.7. The third kappa shape index (κ3) is 4.70. The molecular formula is C24H25FN2O3. The lowest BCUT2D eigenvalue weighted by Gasteiger charge is -2.28. The number of hydrogen-bond acceptors (Lipinski definition) is 4. The molecule has 0 spiro atoms. The number of hydrogen-bond donors (Lipinski definition) is 2. The molecule has 4 rings (SSSR count). The molecule has 3 aromatic rings. The summed E-state index contributed by atoms with van der Waals surface area (Å²) in [5.41, 5.74) is 3.37. The number of carbonyl (C=O) groups is 1. The predicted molar refractivity (Wildman–Crippen MR) is 113 cm³/mol. The molecule has 2 N–H and O–H groups in total. The number of aromatic nitrogens is 1. The SMILES string of the molecule is Cc1ccc(Nc2ncc(-c3ccc(C4CCC(CC(=O)O)CC4)cc3)o2)cc1F. The molecule has 1 aliphatic rings. The topological polar surface area (TPSA) is 75.4 Å². The summed E-state index contributed by atoms with van der Waals surface area (Å²) in [5.74, 6) is 0.449. The van der Waals surface area contributed by atoms with E-state index in [4.69, 9.17) is 9.52 Å². The van der Waals surface area contributed by atoms with Crippen molar-refractivity contribution in [3.05, 3.63) is 65.6 Å². The van der Waals surface area contributed by atoms with Crippen molar-refractivity contribution in [2.45, 2.75) is 44.9 Å². The van der Waals surface area contributed by atoms with Gasteiger partial charge in [0.1, 0.15) is 5.82 Å². The monoisotopic (exact) mass is 408 g/mol. The van der Waals surface area contributed by atoms with Gasteiger partial charge in [0.2, 0.25) is 0 Å². The highest BCUT2D eigenvalue weighted by molar-refractivity contribution is 5.67. The molecule has 156 valence electrons. The number of anilines is 2. The first-order valence-corrected chi connectivity index (χ1v) is 10.3. The fourth-order valence-corrected chi connectivity index (χ4v) is 4.13. The molecule has 1 heterocycles. The zero-order valence-electron chi connectivity index (χ0n) is 16.9. The van der Waals surface area contributed by atoms with Gasteiger partial charge in [-0.3, -0.25) is 4.79 Å². The van der Waals surface area contributed by atoms with Gasteiger partial charge in [-0.25, -0.2) is 9.37 Å². The lowest BCUT2D eigenvalue weighted by molar-refractivity contribution is -0.138. The normalized spacial score (nSPS) is 18.9. The fourth-order valence-electron chi connectivity index (χ4n) is 4.13. The van der Waals surface area contributed by atoms with Gasteiger partial charge in [0.15, 0.2) is 5.76 Å². The van der Waals surface area contributed by atoms with Crippen molar-refractivity contribution >= 4 is 17.7 Å². The molecule has 1 aliphatic carbocycles. The minimum Gasteiger partial charge on any atom is -0.481 e. The van der Waals surface area contributed by atoms with E-state index in [-0.39, 0.29) is 12.2 Å². The summed E-state index contributed by atoms with van der Waals surface area (Å²) in [6.07, 6.45) is 5.92. The van der Waals surface area contributed by atoms with E-state index in [2.05, 4.69) is 22.4 Å². The van der Waals surface area contributed by atoms with Gasteiger partial charge in [0, 0.05) is 17.7 Å². The van der Waals surface area contributed by atoms with Crippen molar-refractivity contribution in [3.8, 4) is 11.3 Å². The van der Waals surface area contributed by atoms with E-state index in [9.17, 15) is 9.18 Å². The molecule has 6 heteroatoms. The predicted octanol–water partition coefficient (Wildman–Crippen LogP) is 6.28. The molecule has 30 heavy (non-hydrogen) atoms. The van der Waals surface area contributed by atoms with E-state index in [1.165, 1.54) is 11.6 Å². The number of nitrogens with one attached hydrogen (secondary N) is 1. The van der Waals surface area contributed by atoms with Crippen molar-refractivity contribution in [1.29, 1.82) is 0 Å². The Morgan fingerprint density at radius 2 is 1.90 bits per heavy atom. The molecule has 1 aromatic heterocycles. The molecule has 5 nitrogen and oxygen atoms in total. The van der Waals surface area contributed by atoms with Crippen LogP contribution in [0, 0.1) is 18.7 Å². The van der Waals surface area contributed by atoms with Crippen LogP contribution >= 0.6 is 0 Å². The molecule has 1 saturated carbocycles. The Morgan fingerprint density at radius 1 is 1.17 bits per heavy atom. The summed E-state index contributed by atoms with van der Waals surface area (Å²) in [4.78, 5) is 15.1. The molecule has 1 fully saturated rings. The highest BCUT2D eigenvalue weighted by Crippen LogP contribution is 2.37. The van der Waals surface area contributed by atoms with Crippen LogP contribution in [0.4, 0.5) is 16.1 Å². The van der Waals surface area contributed by atoms with Crippen LogP contribution in [-0.4, -0.2) is 16.1 Å². The zero-order chi connectivity index (χ0) is 21.1. The standard InChI is InChI=1S/C24H25FN2O3/c1-15-2-11-20(13-21(15)25)27-24-26-14-22(30-24)19-9-7-18(8-10-19)17-5-3-16(4-6-17)12-23(28)29/h2,7-11,13-14,16-17H,3-6,12H2,1H3,(H,26,27)(H,28,29). The van der Waals surface area contributed by atoms with Gasteiger partial charge in [0.25, 0.3) is 6.01 Å². The number of aliphatic carboxylic acids is 1. The van der Waals surface area contributed by atoms with Crippen LogP contribution in [0.5, 0.6) is 0 Å². The first-order valence-electron chi connectivity index (χ1n) is 10.3. The number of halogens is 1. The lowest BCUT2D eigenvalue weighted by Crippen LogP contribution is -2.16. The van der Waals surface area contributed by atoms with Crippen molar-refractivity contribution in [2.75, 3.05) is 5.32 Å². The van der Waals surface area contributed by atoms with Crippen LogP contribution in [0.15, 0.2) is 53.1 Å². The third-order valence-corrected chi connectivity index (χ3v) is 5.91. The van der Waals surface area contributed by atoms with Crippen molar-refractivity contribution < 1.29 is 18.7 Å². The van der Waals surface area contributed by atoms with Crippen LogP contribution in [0.2, 0.25) is 0 Å². The van der Waals surface area contributed by atoms with Gasteiger partial charge in [0.05, 0.1) is 6.20 Å². The summed E-state index contributed by atoms with van der Waals surface area (Å²) < 4.78 is 19.5. The summed E-state index contributed by atoms with van der Waals surface area (Å²) in [6, 6.07) is 13.5. The van der Waals surface area contributed by atoms with Gasteiger partial charge in [-0.15, -0.1) is 0 Å². The van der Waals surface area contributed by atoms with Crippen LogP contribution < -0.4 is 5.32 Å². The molecule has 0 saturated heterocycles. The Morgan fingerprint density at radius 3 is 2.57 bits per heavy atom. The Labute approximate surface area is 175 Å². The van der Waals surface area contributed by atoms with Crippen LogP contribution in [-0.2, 0) is 4.79 Å². The van der Waals surface area contributed by atoms with Gasteiger partial charge in [-0.05, 0) is 67.7 Å². The molecule has 0 radical (unpaired) electrons. The zero-order valence-corrected chi connectivity index (χ0v) is 16.9. The first-order chi connectivity index (χ1) is 14.5. The second-order valence-electron chi connectivity index (χ2n) is 8.06. The quantitative estimate of drug-likeness (QED) is 0.502. The Hall–Kier alpha value is -3.15. The Bertz CT molecular complexity index is 1020. The van der Waals surface area contributed by atoms with E-state index in [1.54, 1.807) is 25.3 Å². The number of carboxylic acids is 1. The van der Waals surface area contributed by atoms with Crippen LogP contribution in [0.3, 0.4) is 0 Å². The summed E-state index contributed by atoms with van der Waals surface area (Å²) in [5, 5.41) is 11.9. The number of oxazole rings is 1. The largest absolute Gasteiger partial charge is 0.481 e. The van der Waals surface area contributed by atoms with Crippen molar-refractivity contribution in [2.24, 2.45) is 5.92 Å². The van der Waals surface area contributed by atoms with Crippen LogP contribution in [0.25, 0.3) is 11.3 Å². The molecule has 0 atom stereocenters. The van der Waals surface area contributed by atoms with Crippen LogP contribution in [0.1, 0.15) is 49.1 Å². The van der Waals surface area contributed by atoms with Gasteiger partial charge >= 0.3 is 5.97 Å². The smallest absolute Gasteiger partial charge is 0.303 e. The first kappa shape index (κ1) is 20.1. The van der Waals surface area contributed by atoms with Crippen molar-refractivity contribution in [1.82, 2.24) is 4.98 Å². The van der Waals surface area contributed by atoms with Gasteiger partial charge in [-0.2, -0.15) is 0 Å². The second-order valence-corrected chi connectivity index (χ2v) is 8.06. The molecule has 2 aromatic carbocycles. The molecule has 0 aliphatic heterocycles. The third-order valence-electron chi connectivity index (χ3n) is 5.91. The molecular weight excluding hydrogens is 383 g/mol. The van der Waals surface area contributed by atoms with E-state index in [1.807, 2.05) is 12.1 Å². The number of nitrogens with zero attached hydrogens (tertiary/aromatic N) is 1. The van der Waals surface area contributed by atoms with Gasteiger partial charge in [-0.1, -0.05) is 30.3 Å². The Kier molecular flexibility index (Phi) is 5.84. The second kappa shape index (κ2) is 8.69. The number of carboxylic acid groups (broad SMARTS) is 1. The van der Waals surface area contributed by atoms with Gasteiger partial charge < -0.3 is 14.8 Å². The molecule has 0 amide bonds. The highest BCUT2D eigenvalue weighted by Gasteiger charge is 2.24. The number of rotatable bonds is 6. The highest BCUT2D eigenvalue weighted by atomic mass is 19.1. The van der Waals surface area contributed by atoms with E-state index >= 15 is 0 Å². The summed E-state index contributed by atoms with van der Waals surface area (Å²) in [7, 11) is 0. The average Bonchev–Trinajstić information content (AvgIpc) is 3.19. The summed E-state index contributed by atoms with van der Waals surface area (Å²) >= 11 is 0. The minimum absolute atomic E-state index is 0.278. The molecule has 0 unspecified atom stereocenters. The Balaban J connectivity index is 1.39. The maximum Gasteiger partial charge on any atom is 0.303 e. The molecule has 0 bridgehead atoms. The van der Waals surface area contributed by atoms with E-state index < -0.39 is 5.97 Å². The average molecular weight is 408 g/mol. The van der Waals surface area contributed by atoms with E-state index in [0.717, 1.165) is 31.2 Å².